The van der Waals surface area contributed by atoms with Crippen LogP contribution in [0.1, 0.15) is 43.6 Å². The number of thiophene rings is 1. The monoisotopic (exact) mass is 225 g/mol. The number of nitrogens with one attached hydrogen (secondary N) is 1. The fraction of sp³-hybridized carbons (Fsp3) is 0.667. The first kappa shape index (κ1) is 11.1. The van der Waals surface area contributed by atoms with Crippen LogP contribution < -0.4 is 5.32 Å². The molecule has 0 spiro atoms. The van der Waals surface area contributed by atoms with Gasteiger partial charge in [0.2, 0.25) is 0 Å². The molecule has 0 radical (unpaired) electrons. The van der Waals surface area contributed by atoms with E-state index in [0.29, 0.717) is 12.1 Å². The second-order valence-corrected chi connectivity index (χ2v) is 5.38. The summed E-state index contributed by atoms with van der Waals surface area (Å²) in [5.74, 6) is 0. The predicted octanol–water partition coefficient (Wildman–Crippen LogP) is 2.70. The second-order valence-electron chi connectivity index (χ2n) is 4.40. The molecular weight excluding hydrogens is 206 g/mol. The zero-order chi connectivity index (χ0) is 10.7. The number of β-amino-alcohol motifs (C(OH)–C–C–N with tert-alkyl or cyclic N) is 1. The van der Waals surface area contributed by atoms with Crippen molar-refractivity contribution in [3.8, 4) is 0 Å². The average Bonchev–Trinajstić information content (AvgIpc) is 2.69. The maximum atomic E-state index is 9.94. The van der Waals surface area contributed by atoms with Gasteiger partial charge in [0.25, 0.3) is 0 Å². The maximum Gasteiger partial charge on any atom is 0.101 e. The summed E-state index contributed by atoms with van der Waals surface area (Å²) in [7, 11) is 0. The molecule has 1 saturated carbocycles. The number of aliphatic hydroxyl groups is 1. The Hall–Kier alpha value is -0.380. The molecule has 0 bridgehead atoms. The van der Waals surface area contributed by atoms with Gasteiger partial charge in [0, 0.05) is 17.0 Å². The van der Waals surface area contributed by atoms with Gasteiger partial charge < -0.3 is 10.4 Å². The summed E-state index contributed by atoms with van der Waals surface area (Å²) in [5, 5.41) is 15.5. The highest BCUT2D eigenvalue weighted by Gasteiger charge is 2.34. The molecule has 0 amide bonds. The van der Waals surface area contributed by atoms with Gasteiger partial charge in [0.05, 0.1) is 0 Å². The zero-order valence-electron chi connectivity index (χ0n) is 9.20. The fourth-order valence-electron chi connectivity index (χ4n) is 2.15. The molecule has 1 aliphatic rings. The lowest BCUT2D eigenvalue weighted by Crippen LogP contribution is -2.51. The van der Waals surface area contributed by atoms with Gasteiger partial charge in [0.15, 0.2) is 0 Å². The fourth-order valence-corrected chi connectivity index (χ4v) is 2.87. The number of rotatable bonds is 5. The molecule has 1 aliphatic carbocycles. The van der Waals surface area contributed by atoms with Crippen LogP contribution in [0, 0.1) is 0 Å². The van der Waals surface area contributed by atoms with E-state index in [4.69, 9.17) is 0 Å². The van der Waals surface area contributed by atoms with E-state index in [0.717, 1.165) is 4.88 Å². The van der Waals surface area contributed by atoms with E-state index in [1.807, 2.05) is 17.5 Å². The summed E-state index contributed by atoms with van der Waals surface area (Å²) in [6.07, 6.45) is 4.69. The lowest BCUT2D eigenvalue weighted by molar-refractivity contribution is 0.121. The summed E-state index contributed by atoms with van der Waals surface area (Å²) in [5.41, 5.74) is 0.332. The van der Waals surface area contributed by atoms with Crippen molar-refractivity contribution >= 4 is 11.3 Å². The van der Waals surface area contributed by atoms with Crippen molar-refractivity contribution in [1.82, 2.24) is 5.32 Å². The molecule has 3 heteroatoms. The SMILES string of the molecule is CCC1(NCC(O)c2cccs2)CCC1. The number of hydrogen-bond acceptors (Lipinski definition) is 3. The first-order chi connectivity index (χ1) is 7.26. The highest BCUT2D eigenvalue weighted by Crippen LogP contribution is 2.35. The largest absolute Gasteiger partial charge is 0.386 e. The van der Waals surface area contributed by atoms with E-state index in [-0.39, 0.29) is 6.10 Å². The standard InChI is InChI=1S/C12H19NOS/c1-2-12(6-4-7-12)13-9-10(14)11-5-3-8-15-11/h3,5,8,10,13-14H,2,4,6-7,9H2,1H3. The quantitative estimate of drug-likeness (QED) is 0.807. The first-order valence-electron chi connectivity index (χ1n) is 5.72. The summed E-state index contributed by atoms with van der Waals surface area (Å²) in [6, 6.07) is 3.98. The molecule has 1 unspecified atom stereocenters. The summed E-state index contributed by atoms with van der Waals surface area (Å²) >= 11 is 1.62. The molecule has 2 N–H and O–H groups in total. The van der Waals surface area contributed by atoms with Gasteiger partial charge in [-0.2, -0.15) is 0 Å². The van der Waals surface area contributed by atoms with E-state index in [2.05, 4.69) is 12.2 Å². The topological polar surface area (TPSA) is 32.3 Å². The maximum absolute atomic E-state index is 9.94. The Morgan fingerprint density at radius 1 is 1.60 bits per heavy atom. The van der Waals surface area contributed by atoms with Crippen LogP contribution in [0.5, 0.6) is 0 Å². The molecule has 1 heterocycles. The predicted molar refractivity (Wildman–Crippen MR) is 64.2 cm³/mol. The van der Waals surface area contributed by atoms with Crippen LogP contribution in [0.15, 0.2) is 17.5 Å². The minimum absolute atomic E-state index is 0.332. The molecular formula is C12H19NOS. The Morgan fingerprint density at radius 2 is 2.40 bits per heavy atom. The highest BCUT2D eigenvalue weighted by molar-refractivity contribution is 7.10. The van der Waals surface area contributed by atoms with E-state index >= 15 is 0 Å². The molecule has 2 rings (SSSR count). The van der Waals surface area contributed by atoms with Crippen LogP contribution in [0.4, 0.5) is 0 Å². The van der Waals surface area contributed by atoms with Crippen LogP contribution in [0.3, 0.4) is 0 Å². The zero-order valence-corrected chi connectivity index (χ0v) is 10.0. The van der Waals surface area contributed by atoms with Crippen LogP contribution in [-0.4, -0.2) is 17.2 Å². The Bertz CT molecular complexity index is 287. The normalized spacial score (nSPS) is 20.9. The number of aliphatic hydroxyl groups excluding tert-OH is 1. The molecule has 2 nitrogen and oxygen atoms in total. The molecule has 0 aliphatic heterocycles. The van der Waals surface area contributed by atoms with Gasteiger partial charge in [-0.05, 0) is 37.1 Å². The van der Waals surface area contributed by atoms with E-state index < -0.39 is 0 Å². The third-order valence-electron chi connectivity index (χ3n) is 3.53. The average molecular weight is 225 g/mol. The van der Waals surface area contributed by atoms with Crippen LogP contribution in [0.2, 0.25) is 0 Å². The minimum atomic E-state index is -0.339. The Morgan fingerprint density at radius 3 is 2.87 bits per heavy atom. The van der Waals surface area contributed by atoms with E-state index in [1.165, 1.54) is 25.7 Å². The molecule has 15 heavy (non-hydrogen) atoms. The number of hydrogen-bond donors (Lipinski definition) is 2. The molecule has 0 aromatic carbocycles. The third kappa shape index (κ3) is 2.41. The van der Waals surface area contributed by atoms with Gasteiger partial charge in [-0.25, -0.2) is 0 Å². The molecule has 1 aromatic heterocycles. The van der Waals surface area contributed by atoms with Crippen LogP contribution in [-0.2, 0) is 0 Å². The van der Waals surface area contributed by atoms with Crippen LogP contribution in [0.25, 0.3) is 0 Å². The molecule has 84 valence electrons. The highest BCUT2D eigenvalue weighted by atomic mass is 32.1. The van der Waals surface area contributed by atoms with E-state index in [9.17, 15) is 5.11 Å². The Kier molecular flexibility index (Phi) is 3.44. The van der Waals surface area contributed by atoms with Crippen molar-refractivity contribution in [2.45, 2.75) is 44.2 Å². The van der Waals surface area contributed by atoms with Crippen LogP contribution >= 0.6 is 11.3 Å². The second kappa shape index (κ2) is 4.64. The Labute approximate surface area is 95.3 Å². The van der Waals surface area contributed by atoms with Gasteiger partial charge >= 0.3 is 0 Å². The Balaban J connectivity index is 1.82. The third-order valence-corrected chi connectivity index (χ3v) is 4.50. The molecule has 1 aromatic rings. The lowest BCUT2D eigenvalue weighted by atomic mass is 9.75. The smallest absolute Gasteiger partial charge is 0.101 e. The van der Waals surface area contributed by atoms with Crippen molar-refractivity contribution in [2.75, 3.05) is 6.54 Å². The van der Waals surface area contributed by atoms with Crippen molar-refractivity contribution < 1.29 is 5.11 Å². The molecule has 1 atom stereocenters. The van der Waals surface area contributed by atoms with Crippen molar-refractivity contribution in [3.05, 3.63) is 22.4 Å². The summed E-state index contributed by atoms with van der Waals surface area (Å²) < 4.78 is 0. The van der Waals surface area contributed by atoms with E-state index in [1.54, 1.807) is 11.3 Å². The van der Waals surface area contributed by atoms with Crippen molar-refractivity contribution in [3.63, 3.8) is 0 Å². The minimum Gasteiger partial charge on any atom is -0.386 e. The van der Waals surface area contributed by atoms with Crippen molar-refractivity contribution in [1.29, 1.82) is 0 Å². The van der Waals surface area contributed by atoms with Crippen molar-refractivity contribution in [2.24, 2.45) is 0 Å². The van der Waals surface area contributed by atoms with Gasteiger partial charge in [-0.3, -0.25) is 0 Å². The molecule has 0 saturated heterocycles. The first-order valence-corrected chi connectivity index (χ1v) is 6.60. The van der Waals surface area contributed by atoms with Gasteiger partial charge in [-0.15, -0.1) is 11.3 Å². The summed E-state index contributed by atoms with van der Waals surface area (Å²) in [4.78, 5) is 1.06. The van der Waals surface area contributed by atoms with Gasteiger partial charge in [0.1, 0.15) is 6.10 Å². The molecule has 1 fully saturated rings. The lowest BCUT2D eigenvalue weighted by Gasteiger charge is -2.42. The summed E-state index contributed by atoms with van der Waals surface area (Å²) in [6.45, 7) is 2.91. The van der Waals surface area contributed by atoms with Gasteiger partial charge in [-0.1, -0.05) is 13.0 Å².